The Morgan fingerprint density at radius 2 is 1.52 bits per heavy atom. The second kappa shape index (κ2) is 6.97. The molecule has 1 saturated heterocycles. The Morgan fingerprint density at radius 1 is 0.897 bits per heavy atom. The van der Waals surface area contributed by atoms with Gasteiger partial charge in [-0.1, -0.05) is 35.6 Å². The van der Waals surface area contributed by atoms with E-state index in [2.05, 4.69) is 16.0 Å². The molecule has 2 aliphatic rings. The lowest BCUT2D eigenvalue weighted by Gasteiger charge is -2.35. The van der Waals surface area contributed by atoms with Gasteiger partial charge in [0.05, 0.1) is 21.3 Å². The number of anilines is 1. The maximum absolute atomic E-state index is 12.7. The molecule has 29 heavy (non-hydrogen) atoms. The maximum atomic E-state index is 12.7. The molecule has 7 nitrogen and oxygen atoms in total. The molecular formula is C21H18N4O3S. The smallest absolute Gasteiger partial charge is 0.262 e. The van der Waals surface area contributed by atoms with Crippen molar-refractivity contribution in [3.05, 3.63) is 59.7 Å². The van der Waals surface area contributed by atoms with Crippen LogP contribution >= 0.6 is 11.3 Å². The van der Waals surface area contributed by atoms with Gasteiger partial charge < -0.3 is 9.80 Å². The van der Waals surface area contributed by atoms with Gasteiger partial charge in [-0.3, -0.25) is 19.3 Å². The van der Waals surface area contributed by atoms with E-state index in [4.69, 9.17) is 0 Å². The summed E-state index contributed by atoms with van der Waals surface area (Å²) in [4.78, 5) is 47.3. The van der Waals surface area contributed by atoms with Gasteiger partial charge in [0.25, 0.3) is 11.8 Å². The second-order valence-electron chi connectivity index (χ2n) is 7.07. The number of hydrogen-bond acceptors (Lipinski definition) is 6. The molecule has 0 saturated carbocycles. The summed E-state index contributed by atoms with van der Waals surface area (Å²) < 4.78 is 1.15. The lowest BCUT2D eigenvalue weighted by Crippen LogP contribution is -2.51. The van der Waals surface area contributed by atoms with Gasteiger partial charge in [-0.05, 0) is 24.3 Å². The van der Waals surface area contributed by atoms with Crippen LogP contribution in [0.1, 0.15) is 20.7 Å². The standard InChI is InChI=1S/C21H18N4O3S/c26-18(13-25-19(27)14-5-1-2-6-15(14)20(25)28)23-9-11-24(12-10-23)21-22-16-7-3-4-8-17(16)29-21/h1-8H,9-13H2. The first-order valence-electron chi connectivity index (χ1n) is 9.45. The fourth-order valence-corrected chi connectivity index (χ4v) is 4.78. The Balaban J connectivity index is 1.23. The van der Waals surface area contributed by atoms with Crippen LogP contribution in [0.3, 0.4) is 0 Å². The third-order valence-corrected chi connectivity index (χ3v) is 6.45. The van der Waals surface area contributed by atoms with Gasteiger partial charge in [0.15, 0.2) is 5.13 Å². The monoisotopic (exact) mass is 406 g/mol. The number of amides is 3. The minimum Gasteiger partial charge on any atom is -0.345 e. The summed E-state index contributed by atoms with van der Waals surface area (Å²) in [6.07, 6.45) is 0. The summed E-state index contributed by atoms with van der Waals surface area (Å²) in [5, 5.41) is 0.957. The molecule has 0 unspecified atom stereocenters. The second-order valence-corrected chi connectivity index (χ2v) is 8.08. The molecule has 2 aliphatic heterocycles. The minimum atomic E-state index is -0.396. The number of fused-ring (bicyclic) bond motifs is 2. The van der Waals surface area contributed by atoms with E-state index in [0.29, 0.717) is 37.3 Å². The topological polar surface area (TPSA) is 73.8 Å². The van der Waals surface area contributed by atoms with E-state index in [9.17, 15) is 14.4 Å². The first-order chi connectivity index (χ1) is 14.1. The van der Waals surface area contributed by atoms with Crippen LogP contribution in [0, 0.1) is 0 Å². The predicted molar refractivity (Wildman–Crippen MR) is 110 cm³/mol. The van der Waals surface area contributed by atoms with E-state index in [1.165, 1.54) is 0 Å². The Hall–Kier alpha value is -3.26. The molecule has 3 heterocycles. The van der Waals surface area contributed by atoms with Gasteiger partial charge in [0.2, 0.25) is 5.91 Å². The number of carbonyl (C=O) groups is 3. The van der Waals surface area contributed by atoms with Crippen LogP contribution in [-0.4, -0.2) is 65.2 Å². The third kappa shape index (κ3) is 3.05. The number of benzene rings is 2. The van der Waals surface area contributed by atoms with Crippen molar-refractivity contribution < 1.29 is 14.4 Å². The number of nitrogens with zero attached hydrogens (tertiary/aromatic N) is 4. The molecule has 1 aromatic heterocycles. The minimum absolute atomic E-state index is 0.205. The van der Waals surface area contributed by atoms with Crippen molar-refractivity contribution in [2.24, 2.45) is 0 Å². The molecule has 0 bridgehead atoms. The van der Waals surface area contributed by atoms with Crippen molar-refractivity contribution in [2.45, 2.75) is 0 Å². The lowest BCUT2D eigenvalue weighted by molar-refractivity contribution is -0.131. The number of carbonyl (C=O) groups excluding carboxylic acids is 3. The summed E-state index contributed by atoms with van der Waals surface area (Å²) in [7, 11) is 0. The number of aromatic nitrogens is 1. The summed E-state index contributed by atoms with van der Waals surface area (Å²) in [5.41, 5.74) is 1.72. The van der Waals surface area contributed by atoms with Gasteiger partial charge in [0, 0.05) is 26.2 Å². The van der Waals surface area contributed by atoms with Crippen molar-refractivity contribution in [2.75, 3.05) is 37.6 Å². The molecule has 0 N–H and O–H groups in total. The number of rotatable bonds is 3. The fraction of sp³-hybridized carbons (Fsp3) is 0.238. The number of imide groups is 1. The van der Waals surface area contributed by atoms with Crippen molar-refractivity contribution in [3.8, 4) is 0 Å². The molecule has 0 radical (unpaired) electrons. The quantitative estimate of drug-likeness (QED) is 0.624. The Kier molecular flexibility index (Phi) is 4.28. The molecule has 3 amide bonds. The molecule has 5 rings (SSSR count). The summed E-state index contributed by atoms with van der Waals surface area (Å²) in [6, 6.07) is 14.7. The predicted octanol–water partition coefficient (Wildman–Crippen LogP) is 2.24. The SMILES string of the molecule is O=C(CN1C(=O)c2ccccc2C1=O)N1CCN(c2nc3ccccc3s2)CC1. The normalized spacial score (nSPS) is 16.6. The number of para-hydroxylation sites is 1. The van der Waals surface area contributed by atoms with E-state index in [0.717, 1.165) is 20.2 Å². The van der Waals surface area contributed by atoms with Crippen LogP contribution in [0.15, 0.2) is 48.5 Å². The molecule has 0 atom stereocenters. The van der Waals surface area contributed by atoms with Crippen molar-refractivity contribution in [3.63, 3.8) is 0 Å². The number of piperazine rings is 1. The number of thiazole rings is 1. The van der Waals surface area contributed by atoms with Gasteiger partial charge in [-0.2, -0.15) is 0 Å². The highest BCUT2D eigenvalue weighted by molar-refractivity contribution is 7.22. The number of hydrogen-bond donors (Lipinski definition) is 0. The molecule has 3 aromatic rings. The zero-order valence-corrected chi connectivity index (χ0v) is 16.4. The average Bonchev–Trinajstić information content (AvgIpc) is 3.29. The molecule has 146 valence electrons. The van der Waals surface area contributed by atoms with E-state index in [1.54, 1.807) is 40.5 Å². The first-order valence-corrected chi connectivity index (χ1v) is 10.3. The van der Waals surface area contributed by atoms with Gasteiger partial charge in [0.1, 0.15) is 6.54 Å². The van der Waals surface area contributed by atoms with E-state index in [1.807, 2.05) is 18.2 Å². The van der Waals surface area contributed by atoms with Crippen molar-refractivity contribution in [1.82, 2.24) is 14.8 Å². The summed E-state index contributed by atoms with van der Waals surface area (Å²) in [5.74, 6) is -0.998. The fourth-order valence-electron chi connectivity index (χ4n) is 3.76. The molecule has 0 aliphatic carbocycles. The van der Waals surface area contributed by atoms with Gasteiger partial charge in [-0.15, -0.1) is 0 Å². The molecule has 8 heteroatoms. The largest absolute Gasteiger partial charge is 0.345 e. The van der Waals surface area contributed by atoms with Crippen LogP contribution < -0.4 is 4.90 Å². The van der Waals surface area contributed by atoms with Gasteiger partial charge in [-0.25, -0.2) is 4.98 Å². The third-order valence-electron chi connectivity index (χ3n) is 5.36. The maximum Gasteiger partial charge on any atom is 0.262 e. The lowest BCUT2D eigenvalue weighted by atomic mass is 10.1. The Bertz CT molecular complexity index is 1070. The first kappa shape index (κ1) is 17.8. The highest BCUT2D eigenvalue weighted by atomic mass is 32.1. The highest BCUT2D eigenvalue weighted by Gasteiger charge is 2.37. The Morgan fingerprint density at radius 3 is 2.17 bits per heavy atom. The van der Waals surface area contributed by atoms with Crippen LogP contribution in [0.5, 0.6) is 0 Å². The zero-order valence-electron chi connectivity index (χ0n) is 15.6. The van der Waals surface area contributed by atoms with Gasteiger partial charge >= 0.3 is 0 Å². The van der Waals surface area contributed by atoms with E-state index in [-0.39, 0.29) is 12.5 Å². The van der Waals surface area contributed by atoms with E-state index >= 15 is 0 Å². The molecule has 1 fully saturated rings. The Labute approximate surface area is 171 Å². The molecular weight excluding hydrogens is 388 g/mol. The van der Waals surface area contributed by atoms with Crippen LogP contribution in [0.2, 0.25) is 0 Å². The van der Waals surface area contributed by atoms with Crippen molar-refractivity contribution in [1.29, 1.82) is 0 Å². The van der Waals surface area contributed by atoms with Crippen molar-refractivity contribution >= 4 is 44.4 Å². The average molecular weight is 406 g/mol. The van der Waals surface area contributed by atoms with Crippen LogP contribution in [-0.2, 0) is 4.79 Å². The molecule has 0 spiro atoms. The summed E-state index contributed by atoms with van der Waals surface area (Å²) >= 11 is 1.65. The molecule has 2 aromatic carbocycles. The highest BCUT2D eigenvalue weighted by Crippen LogP contribution is 2.29. The van der Waals surface area contributed by atoms with Crippen LogP contribution in [0.4, 0.5) is 5.13 Å². The zero-order chi connectivity index (χ0) is 20.0. The van der Waals surface area contributed by atoms with Crippen LogP contribution in [0.25, 0.3) is 10.2 Å². The summed E-state index contributed by atoms with van der Waals surface area (Å²) in [6.45, 7) is 2.21. The van der Waals surface area contributed by atoms with E-state index < -0.39 is 11.8 Å².